The Kier molecular flexibility index (Phi) is 3.88. The summed E-state index contributed by atoms with van der Waals surface area (Å²) >= 11 is 0. The van der Waals surface area contributed by atoms with E-state index in [4.69, 9.17) is 5.73 Å². The molecule has 0 aliphatic heterocycles. The van der Waals surface area contributed by atoms with E-state index in [2.05, 4.69) is 0 Å². The second-order valence-corrected chi connectivity index (χ2v) is 3.88. The second-order valence-electron chi connectivity index (χ2n) is 3.88. The Morgan fingerprint density at radius 2 is 2.27 bits per heavy atom. The summed E-state index contributed by atoms with van der Waals surface area (Å²) in [6.07, 6.45) is 2.70. The molecule has 84 valence electrons. The van der Waals surface area contributed by atoms with Gasteiger partial charge in [-0.05, 0) is 14.1 Å². The van der Waals surface area contributed by atoms with Gasteiger partial charge >= 0.3 is 0 Å². The van der Waals surface area contributed by atoms with Crippen molar-refractivity contribution in [1.82, 2.24) is 9.47 Å². The highest BCUT2D eigenvalue weighted by molar-refractivity contribution is 5.33. The van der Waals surface area contributed by atoms with Gasteiger partial charge in [0.15, 0.2) is 0 Å². The van der Waals surface area contributed by atoms with E-state index in [0.29, 0.717) is 13.1 Å². The lowest BCUT2D eigenvalue weighted by atomic mass is 10.3. The van der Waals surface area contributed by atoms with Gasteiger partial charge in [0, 0.05) is 31.5 Å². The molecular weight excluding hydrogens is 194 g/mol. The lowest BCUT2D eigenvalue weighted by molar-refractivity contribution is 0.119. The van der Waals surface area contributed by atoms with Crippen LogP contribution in [0.4, 0.5) is 5.69 Å². The van der Waals surface area contributed by atoms with E-state index in [1.807, 2.05) is 19.0 Å². The fourth-order valence-corrected chi connectivity index (χ4v) is 1.38. The van der Waals surface area contributed by atoms with Crippen LogP contribution < -0.4 is 11.2 Å². The molecule has 1 heterocycles. The Balaban J connectivity index is 2.64. The molecule has 15 heavy (non-hydrogen) atoms. The maximum Gasteiger partial charge on any atom is 0.204 e. The maximum atomic E-state index is 11.0. The minimum Gasteiger partial charge on any atom is -0.394 e. The van der Waals surface area contributed by atoms with Crippen LogP contribution in [0, 0.1) is 0 Å². The van der Waals surface area contributed by atoms with Gasteiger partial charge in [-0.25, -0.2) is 0 Å². The molecular formula is C10H17N3O2. The molecule has 0 saturated heterocycles. The molecule has 0 amide bonds. The van der Waals surface area contributed by atoms with Gasteiger partial charge in [0.2, 0.25) is 5.43 Å². The number of likely N-dealkylation sites (N-methyl/N-ethyl adjacent to an activating group) is 1. The number of nitrogen functional groups attached to an aromatic ring is 1. The smallest absolute Gasteiger partial charge is 0.204 e. The molecule has 0 bridgehead atoms. The summed E-state index contributed by atoms with van der Waals surface area (Å²) in [5, 5.41) is 9.65. The van der Waals surface area contributed by atoms with E-state index < -0.39 is 6.10 Å². The zero-order chi connectivity index (χ0) is 11.4. The Hall–Kier alpha value is -1.33. The number of nitrogens with two attached hydrogens (primary N) is 1. The highest BCUT2D eigenvalue weighted by atomic mass is 16.3. The topological polar surface area (TPSA) is 71.5 Å². The molecule has 1 rings (SSSR count). The molecule has 0 saturated carbocycles. The number of hydrogen-bond donors (Lipinski definition) is 2. The molecule has 1 aromatic heterocycles. The predicted molar refractivity (Wildman–Crippen MR) is 59.7 cm³/mol. The van der Waals surface area contributed by atoms with Gasteiger partial charge in [0.05, 0.1) is 11.8 Å². The fourth-order valence-electron chi connectivity index (χ4n) is 1.38. The van der Waals surface area contributed by atoms with Crippen molar-refractivity contribution in [2.75, 3.05) is 26.4 Å². The number of pyridine rings is 1. The molecule has 5 nitrogen and oxygen atoms in total. The second kappa shape index (κ2) is 4.95. The quantitative estimate of drug-likeness (QED) is 0.694. The normalized spacial score (nSPS) is 13.1. The van der Waals surface area contributed by atoms with E-state index in [-0.39, 0.29) is 11.1 Å². The van der Waals surface area contributed by atoms with Crippen molar-refractivity contribution in [3.8, 4) is 0 Å². The Morgan fingerprint density at radius 1 is 1.60 bits per heavy atom. The third-order valence-corrected chi connectivity index (χ3v) is 2.00. The van der Waals surface area contributed by atoms with Crippen LogP contribution in [-0.2, 0) is 6.54 Å². The van der Waals surface area contributed by atoms with Crippen molar-refractivity contribution in [2.24, 2.45) is 0 Å². The third kappa shape index (κ3) is 3.73. The first-order valence-electron chi connectivity index (χ1n) is 4.77. The van der Waals surface area contributed by atoms with Crippen molar-refractivity contribution in [3.63, 3.8) is 0 Å². The van der Waals surface area contributed by atoms with E-state index in [0.717, 1.165) is 0 Å². The summed E-state index contributed by atoms with van der Waals surface area (Å²) in [6, 6.07) is 1.40. The van der Waals surface area contributed by atoms with Crippen LogP contribution >= 0.6 is 0 Å². The molecule has 0 radical (unpaired) electrons. The zero-order valence-electron chi connectivity index (χ0n) is 9.05. The molecule has 0 fully saturated rings. The van der Waals surface area contributed by atoms with Crippen LogP contribution in [0.1, 0.15) is 0 Å². The molecule has 1 atom stereocenters. The van der Waals surface area contributed by atoms with Crippen molar-refractivity contribution in [3.05, 3.63) is 28.7 Å². The largest absolute Gasteiger partial charge is 0.394 e. The van der Waals surface area contributed by atoms with Gasteiger partial charge < -0.3 is 20.3 Å². The van der Waals surface area contributed by atoms with Crippen LogP contribution in [0.25, 0.3) is 0 Å². The summed E-state index contributed by atoms with van der Waals surface area (Å²) in [5.74, 6) is 0. The molecule has 0 spiro atoms. The Morgan fingerprint density at radius 3 is 2.80 bits per heavy atom. The summed E-state index contributed by atoms with van der Waals surface area (Å²) in [4.78, 5) is 12.9. The summed E-state index contributed by atoms with van der Waals surface area (Å²) in [5.41, 5.74) is 5.49. The number of hydrogen-bond acceptors (Lipinski definition) is 4. The maximum absolute atomic E-state index is 11.0. The van der Waals surface area contributed by atoms with Crippen LogP contribution in [0.5, 0.6) is 0 Å². The molecule has 0 aliphatic rings. The number of aliphatic hydroxyl groups excluding tert-OH is 1. The Bertz CT molecular complexity index is 373. The standard InChI is InChI=1S/C10H17N3O2/c1-12(2)5-8(14)6-13-4-3-10(15)9(11)7-13/h3-4,7-8,14H,5-6,11H2,1-2H3. The van der Waals surface area contributed by atoms with E-state index >= 15 is 0 Å². The van der Waals surface area contributed by atoms with Gasteiger partial charge in [0.1, 0.15) is 0 Å². The van der Waals surface area contributed by atoms with Crippen LogP contribution in [0.2, 0.25) is 0 Å². The van der Waals surface area contributed by atoms with Gasteiger partial charge in [-0.15, -0.1) is 0 Å². The molecule has 1 aromatic rings. The summed E-state index contributed by atoms with van der Waals surface area (Å²) in [6.45, 7) is 1.01. The van der Waals surface area contributed by atoms with E-state index in [9.17, 15) is 9.90 Å². The van der Waals surface area contributed by atoms with E-state index in [1.165, 1.54) is 6.07 Å². The van der Waals surface area contributed by atoms with E-state index in [1.54, 1.807) is 17.0 Å². The molecule has 0 aliphatic carbocycles. The number of nitrogens with zero attached hydrogens (tertiary/aromatic N) is 2. The average Bonchev–Trinajstić information content (AvgIpc) is 2.10. The van der Waals surface area contributed by atoms with Crippen molar-refractivity contribution in [2.45, 2.75) is 12.6 Å². The molecule has 3 N–H and O–H groups in total. The number of anilines is 1. The average molecular weight is 211 g/mol. The number of aromatic nitrogens is 1. The minimum absolute atomic E-state index is 0.187. The first-order valence-corrected chi connectivity index (χ1v) is 4.77. The fraction of sp³-hybridized carbons (Fsp3) is 0.500. The van der Waals surface area contributed by atoms with Crippen molar-refractivity contribution in [1.29, 1.82) is 0 Å². The summed E-state index contributed by atoms with van der Waals surface area (Å²) in [7, 11) is 3.78. The van der Waals surface area contributed by atoms with Crippen LogP contribution in [0.15, 0.2) is 23.3 Å². The lowest BCUT2D eigenvalue weighted by Gasteiger charge is -2.17. The number of aliphatic hydroxyl groups is 1. The first-order chi connectivity index (χ1) is 6.99. The predicted octanol–water partition coefficient (Wildman–Crippen LogP) is -0.647. The summed E-state index contributed by atoms with van der Waals surface area (Å²) < 4.78 is 1.71. The molecule has 1 unspecified atom stereocenters. The zero-order valence-corrected chi connectivity index (χ0v) is 9.05. The van der Waals surface area contributed by atoms with Crippen LogP contribution in [0.3, 0.4) is 0 Å². The molecule has 0 aromatic carbocycles. The van der Waals surface area contributed by atoms with Gasteiger partial charge in [-0.1, -0.05) is 0 Å². The van der Waals surface area contributed by atoms with Gasteiger partial charge in [-0.3, -0.25) is 4.79 Å². The number of rotatable bonds is 4. The highest BCUT2D eigenvalue weighted by Gasteiger charge is 2.06. The Labute approximate surface area is 88.7 Å². The van der Waals surface area contributed by atoms with Gasteiger partial charge in [-0.2, -0.15) is 0 Å². The third-order valence-electron chi connectivity index (χ3n) is 2.00. The van der Waals surface area contributed by atoms with Crippen LogP contribution in [-0.4, -0.2) is 41.3 Å². The monoisotopic (exact) mass is 211 g/mol. The van der Waals surface area contributed by atoms with Crippen molar-refractivity contribution < 1.29 is 5.11 Å². The highest BCUT2D eigenvalue weighted by Crippen LogP contribution is 1.97. The lowest BCUT2D eigenvalue weighted by Crippen LogP contribution is -2.29. The molecule has 5 heteroatoms. The minimum atomic E-state index is -0.470. The first kappa shape index (κ1) is 11.7. The van der Waals surface area contributed by atoms with Gasteiger partial charge in [0.25, 0.3) is 0 Å². The van der Waals surface area contributed by atoms with Crippen molar-refractivity contribution >= 4 is 5.69 Å². The SMILES string of the molecule is CN(C)CC(O)Cn1ccc(=O)c(N)c1.